The first-order valence-corrected chi connectivity index (χ1v) is 10.3. The number of aliphatic hydroxyl groups is 1. The van der Waals surface area contributed by atoms with E-state index in [1.54, 1.807) is 26.0 Å². The Balaban J connectivity index is 1.78. The number of fused-ring (bicyclic) bond motifs is 1. The summed E-state index contributed by atoms with van der Waals surface area (Å²) in [5.74, 6) is 0.599. The lowest BCUT2D eigenvalue weighted by atomic mass is 10.3. The zero-order chi connectivity index (χ0) is 20.3. The van der Waals surface area contributed by atoms with Gasteiger partial charge in [0, 0.05) is 12.6 Å². The number of imidazole rings is 1. The molecule has 3 aromatic rings. The number of para-hydroxylation sites is 1. The van der Waals surface area contributed by atoms with Gasteiger partial charge in [0.25, 0.3) is 0 Å². The Morgan fingerprint density at radius 2 is 1.75 bits per heavy atom. The summed E-state index contributed by atoms with van der Waals surface area (Å²) in [5, 5.41) is 10.3. The van der Waals surface area contributed by atoms with Gasteiger partial charge < -0.3 is 19.8 Å². The molecule has 28 heavy (non-hydrogen) atoms. The molecule has 0 saturated heterocycles. The molecule has 0 fully saturated rings. The Labute approximate surface area is 162 Å². The molecule has 1 unspecified atom stereocenters. The molecule has 8 nitrogen and oxygen atoms in total. The van der Waals surface area contributed by atoms with Gasteiger partial charge in [0.15, 0.2) is 0 Å². The molecule has 2 aromatic carbocycles. The number of ether oxygens (including phenoxy) is 1. The minimum atomic E-state index is -3.88. The van der Waals surface area contributed by atoms with Crippen LogP contribution in [0.5, 0.6) is 5.75 Å². The van der Waals surface area contributed by atoms with Gasteiger partial charge in [-0.05, 0) is 44.2 Å². The smallest absolute Gasteiger partial charge is 0.323 e. The number of H-pyrrole nitrogens is 2. The first-order chi connectivity index (χ1) is 13.3. The highest BCUT2D eigenvalue weighted by molar-refractivity contribution is 7.89. The molecule has 1 heterocycles. The van der Waals surface area contributed by atoms with Crippen LogP contribution in [0.2, 0.25) is 0 Å². The van der Waals surface area contributed by atoms with Crippen LogP contribution in [0.1, 0.15) is 13.8 Å². The predicted octanol–water partition coefficient (Wildman–Crippen LogP) is 1.70. The monoisotopic (exact) mass is 405 g/mol. The number of aromatic nitrogens is 2. The molecular weight excluding hydrogens is 382 g/mol. The van der Waals surface area contributed by atoms with Crippen LogP contribution in [0.4, 0.5) is 0 Å². The van der Waals surface area contributed by atoms with Gasteiger partial charge in [-0.2, -0.15) is 4.31 Å². The number of aliphatic hydroxyl groups excluding tert-OH is 1. The van der Waals surface area contributed by atoms with Gasteiger partial charge in [-0.25, -0.2) is 13.2 Å². The van der Waals surface area contributed by atoms with Crippen molar-refractivity contribution in [1.82, 2.24) is 14.3 Å². The fourth-order valence-corrected chi connectivity index (χ4v) is 4.56. The summed E-state index contributed by atoms with van der Waals surface area (Å²) in [5.41, 5.74) is 0.526. The third kappa shape index (κ3) is 4.44. The summed E-state index contributed by atoms with van der Waals surface area (Å²) in [4.78, 5) is 16.6. The van der Waals surface area contributed by atoms with Gasteiger partial charge in [-0.1, -0.05) is 18.2 Å². The molecule has 0 aliphatic heterocycles. The Morgan fingerprint density at radius 1 is 1.07 bits per heavy atom. The Kier molecular flexibility index (Phi) is 5.87. The minimum absolute atomic E-state index is 0.0348. The number of nitrogens with one attached hydrogen (secondary N) is 2. The van der Waals surface area contributed by atoms with Crippen LogP contribution in [-0.4, -0.2) is 53.1 Å². The van der Waals surface area contributed by atoms with Crippen molar-refractivity contribution in [1.29, 1.82) is 0 Å². The van der Waals surface area contributed by atoms with E-state index < -0.39 is 21.8 Å². The van der Waals surface area contributed by atoms with Crippen molar-refractivity contribution in [3.05, 3.63) is 59.0 Å². The lowest BCUT2D eigenvalue weighted by Crippen LogP contribution is -2.43. The second-order valence-electron chi connectivity index (χ2n) is 6.73. The van der Waals surface area contributed by atoms with Gasteiger partial charge in [0.2, 0.25) is 10.0 Å². The predicted molar refractivity (Wildman–Crippen MR) is 106 cm³/mol. The maximum absolute atomic E-state index is 13.1. The van der Waals surface area contributed by atoms with Gasteiger partial charge in [0.05, 0.1) is 15.9 Å². The maximum Gasteiger partial charge on any atom is 0.323 e. The van der Waals surface area contributed by atoms with E-state index in [2.05, 4.69) is 9.97 Å². The molecule has 150 valence electrons. The van der Waals surface area contributed by atoms with E-state index in [0.717, 1.165) is 0 Å². The van der Waals surface area contributed by atoms with E-state index in [1.165, 1.54) is 22.5 Å². The average molecular weight is 405 g/mol. The molecule has 3 rings (SSSR count). The minimum Gasteiger partial charge on any atom is -0.491 e. The second kappa shape index (κ2) is 8.17. The summed E-state index contributed by atoms with van der Waals surface area (Å²) in [6, 6.07) is 13.0. The van der Waals surface area contributed by atoms with E-state index in [0.29, 0.717) is 16.8 Å². The highest BCUT2D eigenvalue weighted by atomic mass is 32.2. The third-order valence-corrected chi connectivity index (χ3v) is 6.28. The molecule has 0 aliphatic carbocycles. The van der Waals surface area contributed by atoms with Gasteiger partial charge in [0.1, 0.15) is 18.5 Å². The van der Waals surface area contributed by atoms with Crippen molar-refractivity contribution >= 4 is 21.1 Å². The third-order valence-electron chi connectivity index (χ3n) is 4.25. The van der Waals surface area contributed by atoms with Gasteiger partial charge in [-0.15, -0.1) is 0 Å². The highest BCUT2D eigenvalue weighted by Crippen LogP contribution is 2.21. The first-order valence-electron chi connectivity index (χ1n) is 8.87. The Bertz CT molecular complexity index is 1090. The number of benzene rings is 2. The molecule has 0 bridgehead atoms. The number of hydrogen-bond donors (Lipinski definition) is 3. The quantitative estimate of drug-likeness (QED) is 0.528. The van der Waals surface area contributed by atoms with Crippen LogP contribution in [0.25, 0.3) is 11.0 Å². The number of hydrogen-bond acceptors (Lipinski definition) is 5. The molecule has 0 saturated carbocycles. The maximum atomic E-state index is 13.1. The fraction of sp³-hybridized carbons (Fsp3) is 0.316. The molecule has 0 aliphatic rings. The van der Waals surface area contributed by atoms with Crippen LogP contribution in [0.15, 0.2) is 58.2 Å². The standard InChI is InChI=1S/C19H23N3O5S/c1-13(2)22(11-14(23)12-27-15-6-4-3-5-7-15)28(25,26)16-8-9-17-18(10-16)21-19(24)20-17/h3-10,13-14,23H,11-12H2,1-2H3,(H2,20,21,24). The van der Waals surface area contributed by atoms with Gasteiger partial charge in [-0.3, -0.25) is 0 Å². The summed E-state index contributed by atoms with van der Waals surface area (Å²) < 4.78 is 32.9. The molecule has 0 radical (unpaired) electrons. The van der Waals surface area contributed by atoms with Crippen LogP contribution >= 0.6 is 0 Å². The van der Waals surface area contributed by atoms with Crippen LogP contribution in [0, 0.1) is 0 Å². The van der Waals surface area contributed by atoms with Crippen LogP contribution < -0.4 is 10.4 Å². The molecule has 1 atom stereocenters. The Morgan fingerprint density at radius 3 is 2.43 bits per heavy atom. The molecule has 0 spiro atoms. The van der Waals surface area contributed by atoms with E-state index in [-0.39, 0.29) is 24.1 Å². The fourth-order valence-electron chi connectivity index (χ4n) is 2.86. The van der Waals surface area contributed by atoms with Crippen molar-refractivity contribution in [3.8, 4) is 5.75 Å². The first kappa shape index (κ1) is 20.1. The van der Waals surface area contributed by atoms with Crippen molar-refractivity contribution in [2.75, 3.05) is 13.2 Å². The zero-order valence-corrected chi connectivity index (χ0v) is 16.4. The normalized spacial score (nSPS) is 13.3. The van der Waals surface area contributed by atoms with Crippen molar-refractivity contribution in [2.24, 2.45) is 0 Å². The SMILES string of the molecule is CC(C)N(CC(O)COc1ccccc1)S(=O)(=O)c1ccc2[nH]c(=O)[nH]c2c1. The Hall–Kier alpha value is -2.62. The number of rotatable bonds is 8. The largest absolute Gasteiger partial charge is 0.491 e. The van der Waals surface area contributed by atoms with E-state index >= 15 is 0 Å². The molecule has 9 heteroatoms. The number of aromatic amines is 2. The van der Waals surface area contributed by atoms with Crippen molar-refractivity contribution in [2.45, 2.75) is 30.9 Å². The molecular formula is C19H23N3O5S. The molecule has 0 amide bonds. The van der Waals surface area contributed by atoms with E-state index in [1.807, 2.05) is 18.2 Å². The van der Waals surface area contributed by atoms with Gasteiger partial charge >= 0.3 is 5.69 Å². The van der Waals surface area contributed by atoms with E-state index in [4.69, 9.17) is 4.74 Å². The summed E-state index contributed by atoms with van der Waals surface area (Å²) in [6.07, 6.45) is -1.01. The average Bonchev–Trinajstić information content (AvgIpc) is 3.04. The lowest BCUT2D eigenvalue weighted by Gasteiger charge is -2.28. The lowest BCUT2D eigenvalue weighted by molar-refractivity contribution is 0.0840. The second-order valence-corrected chi connectivity index (χ2v) is 8.62. The van der Waals surface area contributed by atoms with Crippen molar-refractivity contribution in [3.63, 3.8) is 0 Å². The summed E-state index contributed by atoms with van der Waals surface area (Å²) in [6.45, 7) is 3.32. The van der Waals surface area contributed by atoms with Crippen LogP contribution in [0.3, 0.4) is 0 Å². The van der Waals surface area contributed by atoms with E-state index in [9.17, 15) is 18.3 Å². The number of sulfonamides is 1. The van der Waals surface area contributed by atoms with Crippen LogP contribution in [-0.2, 0) is 10.0 Å². The summed E-state index contributed by atoms with van der Waals surface area (Å²) in [7, 11) is -3.88. The number of nitrogens with zero attached hydrogens (tertiary/aromatic N) is 1. The molecule has 1 aromatic heterocycles. The highest BCUT2D eigenvalue weighted by Gasteiger charge is 2.29. The topological polar surface area (TPSA) is 115 Å². The van der Waals surface area contributed by atoms with Crippen molar-refractivity contribution < 1.29 is 18.3 Å². The zero-order valence-electron chi connectivity index (χ0n) is 15.6. The molecule has 3 N–H and O–H groups in total. The summed E-state index contributed by atoms with van der Waals surface area (Å²) >= 11 is 0.